The molecule has 0 aliphatic carbocycles. The van der Waals surface area contributed by atoms with Gasteiger partial charge in [0.15, 0.2) is 6.10 Å². The molecule has 0 radical (unpaired) electrons. The third-order valence-electron chi connectivity index (χ3n) is 1.39. The monoisotopic (exact) mass is 177 g/mol. The zero-order valence-corrected chi connectivity index (χ0v) is 6.20. The molecular weight excluding hydrogens is 166 g/mol. The van der Waals surface area contributed by atoms with Gasteiger partial charge in [-0.2, -0.15) is 5.26 Å². The van der Waals surface area contributed by atoms with Gasteiger partial charge in [-0.05, 0) is 0 Å². The van der Waals surface area contributed by atoms with Crippen molar-refractivity contribution in [2.45, 2.75) is 24.4 Å². The van der Waals surface area contributed by atoms with Crippen molar-refractivity contribution in [2.75, 3.05) is 6.61 Å². The van der Waals surface area contributed by atoms with Crippen LogP contribution < -0.4 is 0 Å². The van der Waals surface area contributed by atoms with Gasteiger partial charge in [-0.25, -0.2) is 0 Å². The fourth-order valence-corrected chi connectivity index (χ4v) is 0.599. The quantitative estimate of drug-likeness (QED) is 0.290. The van der Waals surface area contributed by atoms with E-state index >= 15 is 0 Å². The summed E-state index contributed by atoms with van der Waals surface area (Å²) in [6.07, 6.45) is -6.86. The zero-order valence-electron chi connectivity index (χ0n) is 6.20. The topological polar surface area (TPSA) is 125 Å². The van der Waals surface area contributed by atoms with E-state index in [4.69, 9.17) is 30.8 Å². The fourth-order valence-electron chi connectivity index (χ4n) is 0.599. The first kappa shape index (κ1) is 11.3. The number of rotatable bonds is 4. The Balaban J connectivity index is 4.10. The lowest BCUT2D eigenvalue weighted by Gasteiger charge is -2.21. The van der Waals surface area contributed by atoms with Crippen LogP contribution in [0, 0.1) is 11.3 Å². The number of nitrogens with zero attached hydrogens (tertiary/aromatic N) is 1. The molecule has 0 aliphatic rings. The molecule has 6 nitrogen and oxygen atoms in total. The summed E-state index contributed by atoms with van der Waals surface area (Å²) in [7, 11) is 0. The van der Waals surface area contributed by atoms with E-state index in [9.17, 15) is 0 Å². The molecule has 0 bridgehead atoms. The van der Waals surface area contributed by atoms with Crippen LogP contribution in [0.2, 0.25) is 0 Å². The second-order valence-electron chi connectivity index (χ2n) is 2.31. The van der Waals surface area contributed by atoms with Crippen LogP contribution in [0.1, 0.15) is 0 Å². The summed E-state index contributed by atoms with van der Waals surface area (Å²) in [5, 5.41) is 51.7. The van der Waals surface area contributed by atoms with Crippen LogP contribution in [0.15, 0.2) is 0 Å². The smallest absolute Gasteiger partial charge is 0.168 e. The molecule has 0 heterocycles. The lowest BCUT2D eigenvalue weighted by molar-refractivity contribution is -0.103. The van der Waals surface area contributed by atoms with Gasteiger partial charge in [-0.1, -0.05) is 0 Å². The van der Waals surface area contributed by atoms with Crippen molar-refractivity contribution in [1.29, 1.82) is 5.26 Å². The van der Waals surface area contributed by atoms with E-state index in [1.165, 1.54) is 6.07 Å². The minimum atomic E-state index is -1.78. The second kappa shape index (κ2) is 5.03. The molecule has 5 N–H and O–H groups in total. The molecule has 0 unspecified atom stereocenters. The first-order valence-electron chi connectivity index (χ1n) is 3.27. The third kappa shape index (κ3) is 2.73. The number of hydrogen-bond acceptors (Lipinski definition) is 6. The SMILES string of the molecule is N#C[C@@H](O)[C@@H](O)[C@H](O)[C@@H](O)CO. The van der Waals surface area contributed by atoms with Gasteiger partial charge in [-0.15, -0.1) is 0 Å². The molecule has 0 aromatic rings. The van der Waals surface area contributed by atoms with Gasteiger partial charge < -0.3 is 25.5 Å². The summed E-state index contributed by atoms with van der Waals surface area (Å²) in [5.41, 5.74) is 0. The molecule has 0 amide bonds. The second-order valence-corrected chi connectivity index (χ2v) is 2.31. The van der Waals surface area contributed by atoms with Gasteiger partial charge >= 0.3 is 0 Å². The Morgan fingerprint density at radius 3 is 1.92 bits per heavy atom. The molecule has 0 aliphatic heterocycles. The van der Waals surface area contributed by atoms with Gasteiger partial charge in [0.25, 0.3) is 0 Å². The summed E-state index contributed by atoms with van der Waals surface area (Å²) in [4.78, 5) is 0. The summed E-state index contributed by atoms with van der Waals surface area (Å²) < 4.78 is 0. The number of hydrogen-bond donors (Lipinski definition) is 5. The van der Waals surface area contributed by atoms with Gasteiger partial charge in [0, 0.05) is 0 Å². The zero-order chi connectivity index (χ0) is 9.72. The summed E-state index contributed by atoms with van der Waals surface area (Å²) in [6, 6.07) is 1.28. The van der Waals surface area contributed by atoms with Gasteiger partial charge in [0.2, 0.25) is 0 Å². The average molecular weight is 177 g/mol. The maximum Gasteiger partial charge on any atom is 0.168 e. The molecule has 6 heteroatoms. The van der Waals surface area contributed by atoms with E-state index < -0.39 is 31.0 Å². The van der Waals surface area contributed by atoms with E-state index in [1.807, 2.05) is 0 Å². The predicted octanol–water partition coefficient (Wildman–Crippen LogP) is -3.05. The van der Waals surface area contributed by atoms with Crippen molar-refractivity contribution in [3.05, 3.63) is 0 Å². The van der Waals surface area contributed by atoms with Crippen molar-refractivity contribution in [3.63, 3.8) is 0 Å². The molecule has 0 rings (SSSR count). The Hall–Kier alpha value is -0.710. The highest BCUT2D eigenvalue weighted by Crippen LogP contribution is 2.03. The van der Waals surface area contributed by atoms with Crippen LogP contribution in [0.4, 0.5) is 0 Å². The Labute approximate surface area is 68.9 Å². The molecule has 0 saturated heterocycles. The normalized spacial score (nSPS) is 20.7. The molecule has 4 atom stereocenters. The maximum atomic E-state index is 8.92. The highest BCUT2D eigenvalue weighted by molar-refractivity contribution is 4.93. The number of aliphatic hydroxyl groups excluding tert-OH is 5. The Kier molecular flexibility index (Phi) is 4.73. The largest absolute Gasteiger partial charge is 0.394 e. The molecule has 0 saturated carbocycles. The Bertz CT molecular complexity index is 168. The summed E-state index contributed by atoms with van der Waals surface area (Å²) in [5.74, 6) is 0. The van der Waals surface area contributed by atoms with E-state index in [-0.39, 0.29) is 0 Å². The van der Waals surface area contributed by atoms with Crippen molar-refractivity contribution in [3.8, 4) is 6.07 Å². The van der Waals surface area contributed by atoms with Crippen LogP contribution in [-0.2, 0) is 0 Å². The molecule has 12 heavy (non-hydrogen) atoms. The van der Waals surface area contributed by atoms with E-state index in [0.29, 0.717) is 0 Å². The van der Waals surface area contributed by atoms with Gasteiger partial charge in [0.05, 0.1) is 12.7 Å². The molecule has 70 valence electrons. The van der Waals surface area contributed by atoms with Crippen LogP contribution in [0.5, 0.6) is 0 Å². The first-order chi connectivity index (χ1) is 5.54. The van der Waals surface area contributed by atoms with Crippen LogP contribution >= 0.6 is 0 Å². The first-order valence-corrected chi connectivity index (χ1v) is 3.27. The van der Waals surface area contributed by atoms with Crippen molar-refractivity contribution in [2.24, 2.45) is 0 Å². The Morgan fingerprint density at radius 2 is 1.58 bits per heavy atom. The minimum Gasteiger partial charge on any atom is -0.394 e. The number of aliphatic hydroxyl groups is 5. The average Bonchev–Trinajstić information content (AvgIpc) is 2.12. The molecule has 0 fully saturated rings. The third-order valence-corrected chi connectivity index (χ3v) is 1.39. The van der Waals surface area contributed by atoms with Gasteiger partial charge in [-0.3, -0.25) is 0 Å². The van der Waals surface area contributed by atoms with Crippen LogP contribution in [0.25, 0.3) is 0 Å². The molecule has 0 aromatic carbocycles. The molecular formula is C6H11NO5. The van der Waals surface area contributed by atoms with Gasteiger partial charge in [0.1, 0.15) is 18.3 Å². The van der Waals surface area contributed by atoms with E-state index in [2.05, 4.69) is 0 Å². The highest BCUT2D eigenvalue weighted by atomic mass is 16.4. The molecule has 0 aromatic heterocycles. The lowest BCUT2D eigenvalue weighted by atomic mass is 10.0. The van der Waals surface area contributed by atoms with Crippen molar-refractivity contribution < 1.29 is 25.5 Å². The number of nitriles is 1. The minimum absolute atomic E-state index is 0.754. The van der Waals surface area contributed by atoms with Crippen molar-refractivity contribution >= 4 is 0 Å². The van der Waals surface area contributed by atoms with E-state index in [1.54, 1.807) is 0 Å². The fraction of sp³-hybridized carbons (Fsp3) is 0.833. The lowest BCUT2D eigenvalue weighted by Crippen LogP contribution is -2.45. The summed E-state index contributed by atoms with van der Waals surface area (Å²) in [6.45, 7) is -0.754. The summed E-state index contributed by atoms with van der Waals surface area (Å²) >= 11 is 0. The highest BCUT2D eigenvalue weighted by Gasteiger charge is 2.29. The predicted molar refractivity (Wildman–Crippen MR) is 36.7 cm³/mol. The molecule has 0 spiro atoms. The Morgan fingerprint density at radius 1 is 1.08 bits per heavy atom. The maximum absolute atomic E-state index is 8.92. The van der Waals surface area contributed by atoms with Crippen molar-refractivity contribution in [1.82, 2.24) is 0 Å². The standard InChI is InChI=1S/C6H11NO5/c7-1-3(9)5(11)6(12)4(10)2-8/h3-6,8-12H,2H2/t3-,4+,5-,6-/m1/s1. The van der Waals surface area contributed by atoms with E-state index in [0.717, 1.165) is 0 Å². The van der Waals surface area contributed by atoms with Crippen LogP contribution in [-0.4, -0.2) is 56.6 Å². The van der Waals surface area contributed by atoms with Crippen LogP contribution in [0.3, 0.4) is 0 Å².